The van der Waals surface area contributed by atoms with Crippen molar-refractivity contribution in [2.24, 2.45) is 0 Å². The zero-order valence-electron chi connectivity index (χ0n) is 7.53. The van der Waals surface area contributed by atoms with Gasteiger partial charge in [0.25, 0.3) is 5.56 Å². The standard InChI is InChI=1S/C9H10N2O3/c12-5-6-4-8(13)11-9(10-6)7-2-1-3-14-7/h4-5,7H,1-3H2,(H,10,11,13). The summed E-state index contributed by atoms with van der Waals surface area (Å²) in [5.41, 5.74) is -0.160. The molecule has 1 saturated heterocycles. The number of aromatic amines is 1. The van der Waals surface area contributed by atoms with Gasteiger partial charge in [0, 0.05) is 12.7 Å². The number of aldehydes is 1. The van der Waals surface area contributed by atoms with Crippen LogP contribution in [0.5, 0.6) is 0 Å². The van der Waals surface area contributed by atoms with Crippen molar-refractivity contribution in [2.45, 2.75) is 18.9 Å². The Morgan fingerprint density at radius 2 is 2.50 bits per heavy atom. The van der Waals surface area contributed by atoms with Gasteiger partial charge in [-0.2, -0.15) is 0 Å². The van der Waals surface area contributed by atoms with E-state index in [2.05, 4.69) is 9.97 Å². The van der Waals surface area contributed by atoms with E-state index in [4.69, 9.17) is 4.74 Å². The average molecular weight is 194 g/mol. The van der Waals surface area contributed by atoms with Crippen molar-refractivity contribution in [3.63, 3.8) is 0 Å². The summed E-state index contributed by atoms with van der Waals surface area (Å²) in [5, 5.41) is 0. The third-order valence-electron chi connectivity index (χ3n) is 2.14. The second-order valence-corrected chi connectivity index (χ2v) is 3.18. The molecule has 1 N–H and O–H groups in total. The lowest BCUT2D eigenvalue weighted by atomic mass is 10.2. The van der Waals surface area contributed by atoms with Crippen molar-refractivity contribution in [1.29, 1.82) is 0 Å². The number of nitrogens with one attached hydrogen (secondary N) is 1. The number of ether oxygens (including phenoxy) is 1. The van der Waals surface area contributed by atoms with Crippen LogP contribution in [0.2, 0.25) is 0 Å². The Morgan fingerprint density at radius 3 is 3.14 bits per heavy atom. The minimum Gasteiger partial charge on any atom is -0.370 e. The topological polar surface area (TPSA) is 72.0 Å². The summed E-state index contributed by atoms with van der Waals surface area (Å²) in [6.07, 6.45) is 2.20. The van der Waals surface area contributed by atoms with Crippen molar-refractivity contribution in [3.8, 4) is 0 Å². The largest absolute Gasteiger partial charge is 0.370 e. The second-order valence-electron chi connectivity index (χ2n) is 3.18. The van der Waals surface area contributed by atoms with Gasteiger partial charge >= 0.3 is 0 Å². The Hall–Kier alpha value is -1.49. The van der Waals surface area contributed by atoms with Crippen LogP contribution in [0.4, 0.5) is 0 Å². The SMILES string of the molecule is O=Cc1cc(=O)[nH]c(C2CCCO2)n1. The van der Waals surface area contributed by atoms with Crippen LogP contribution in [-0.2, 0) is 4.74 Å². The van der Waals surface area contributed by atoms with E-state index >= 15 is 0 Å². The summed E-state index contributed by atoms with van der Waals surface area (Å²) in [6, 6.07) is 1.17. The molecule has 0 spiro atoms. The van der Waals surface area contributed by atoms with Crippen LogP contribution < -0.4 is 5.56 Å². The van der Waals surface area contributed by atoms with Crippen LogP contribution in [0, 0.1) is 0 Å². The van der Waals surface area contributed by atoms with Crippen LogP contribution in [-0.4, -0.2) is 22.9 Å². The van der Waals surface area contributed by atoms with Crippen LogP contribution in [0.3, 0.4) is 0 Å². The fourth-order valence-electron chi connectivity index (χ4n) is 1.50. The zero-order valence-corrected chi connectivity index (χ0v) is 7.53. The van der Waals surface area contributed by atoms with Gasteiger partial charge in [0.2, 0.25) is 0 Å². The van der Waals surface area contributed by atoms with Gasteiger partial charge in [-0.25, -0.2) is 4.98 Å². The second kappa shape index (κ2) is 3.71. The Morgan fingerprint density at radius 1 is 1.64 bits per heavy atom. The molecule has 0 saturated carbocycles. The van der Waals surface area contributed by atoms with Crippen LogP contribution in [0.25, 0.3) is 0 Å². The molecular weight excluding hydrogens is 184 g/mol. The Kier molecular flexibility index (Phi) is 2.41. The van der Waals surface area contributed by atoms with E-state index in [1.807, 2.05) is 0 Å². The maximum absolute atomic E-state index is 11.1. The summed E-state index contributed by atoms with van der Waals surface area (Å²) in [5.74, 6) is 0.456. The van der Waals surface area contributed by atoms with Gasteiger partial charge in [0.1, 0.15) is 17.6 Å². The van der Waals surface area contributed by atoms with E-state index < -0.39 is 0 Å². The molecule has 1 fully saturated rings. The predicted octanol–water partition coefficient (Wildman–Crippen LogP) is 0.434. The van der Waals surface area contributed by atoms with Crippen LogP contribution >= 0.6 is 0 Å². The highest BCUT2D eigenvalue weighted by Crippen LogP contribution is 2.24. The predicted molar refractivity (Wildman–Crippen MR) is 48.2 cm³/mol. The molecule has 0 radical (unpaired) electrons. The molecule has 2 heterocycles. The molecule has 0 aromatic carbocycles. The summed E-state index contributed by atoms with van der Waals surface area (Å²) in [6.45, 7) is 0.680. The van der Waals surface area contributed by atoms with Crippen molar-refractivity contribution in [3.05, 3.63) is 27.9 Å². The fourth-order valence-corrected chi connectivity index (χ4v) is 1.50. The maximum Gasteiger partial charge on any atom is 0.251 e. The van der Waals surface area contributed by atoms with Crippen molar-refractivity contribution in [1.82, 2.24) is 9.97 Å². The highest BCUT2D eigenvalue weighted by atomic mass is 16.5. The third kappa shape index (κ3) is 1.72. The first-order chi connectivity index (χ1) is 6.79. The number of aromatic nitrogens is 2. The van der Waals surface area contributed by atoms with E-state index in [9.17, 15) is 9.59 Å². The Labute approximate surface area is 80.1 Å². The van der Waals surface area contributed by atoms with E-state index in [0.29, 0.717) is 18.7 Å². The zero-order chi connectivity index (χ0) is 9.97. The van der Waals surface area contributed by atoms with E-state index in [-0.39, 0.29) is 17.4 Å². The molecule has 0 aliphatic carbocycles. The molecule has 1 atom stereocenters. The number of H-pyrrole nitrogens is 1. The molecular formula is C9H10N2O3. The minimum absolute atomic E-state index is 0.152. The van der Waals surface area contributed by atoms with Gasteiger partial charge in [0.15, 0.2) is 6.29 Å². The van der Waals surface area contributed by atoms with Crippen LogP contribution in [0.1, 0.15) is 35.3 Å². The van der Waals surface area contributed by atoms with Crippen molar-refractivity contribution in [2.75, 3.05) is 6.61 Å². The monoisotopic (exact) mass is 194 g/mol. The number of hydrogen-bond donors (Lipinski definition) is 1. The summed E-state index contributed by atoms with van der Waals surface area (Å²) in [7, 11) is 0. The number of carbonyl (C=O) groups excluding carboxylic acids is 1. The highest BCUT2D eigenvalue weighted by Gasteiger charge is 2.20. The fraction of sp³-hybridized carbons (Fsp3) is 0.444. The van der Waals surface area contributed by atoms with Gasteiger partial charge in [-0.05, 0) is 12.8 Å². The highest BCUT2D eigenvalue weighted by molar-refractivity contribution is 5.71. The van der Waals surface area contributed by atoms with Crippen molar-refractivity contribution >= 4 is 6.29 Å². The number of hydrogen-bond acceptors (Lipinski definition) is 4. The normalized spacial score (nSPS) is 21.0. The number of rotatable bonds is 2. The molecule has 1 aromatic heterocycles. The lowest BCUT2D eigenvalue weighted by Crippen LogP contribution is -2.15. The molecule has 0 amide bonds. The maximum atomic E-state index is 11.1. The number of carbonyl (C=O) groups is 1. The molecule has 1 aliphatic rings. The lowest BCUT2D eigenvalue weighted by Gasteiger charge is -2.07. The lowest BCUT2D eigenvalue weighted by molar-refractivity contribution is 0.104. The van der Waals surface area contributed by atoms with Gasteiger partial charge in [-0.1, -0.05) is 0 Å². The molecule has 1 aliphatic heterocycles. The first kappa shape index (κ1) is 9.08. The van der Waals surface area contributed by atoms with Crippen molar-refractivity contribution < 1.29 is 9.53 Å². The van der Waals surface area contributed by atoms with E-state index in [1.54, 1.807) is 0 Å². The Balaban J connectivity index is 2.36. The van der Waals surface area contributed by atoms with Crippen LogP contribution in [0.15, 0.2) is 10.9 Å². The third-order valence-corrected chi connectivity index (χ3v) is 2.14. The average Bonchev–Trinajstić information content (AvgIpc) is 2.69. The minimum atomic E-state index is -0.312. The first-order valence-electron chi connectivity index (χ1n) is 4.47. The van der Waals surface area contributed by atoms with E-state index in [0.717, 1.165) is 12.8 Å². The molecule has 1 aromatic rings. The quantitative estimate of drug-likeness (QED) is 0.693. The molecule has 0 bridgehead atoms. The molecule has 5 heteroatoms. The summed E-state index contributed by atoms with van der Waals surface area (Å²) in [4.78, 5) is 28.1. The van der Waals surface area contributed by atoms with Gasteiger partial charge in [-0.3, -0.25) is 9.59 Å². The molecule has 5 nitrogen and oxygen atoms in total. The van der Waals surface area contributed by atoms with Gasteiger partial charge < -0.3 is 9.72 Å². The Bertz CT molecular complexity index is 393. The number of nitrogens with zero attached hydrogens (tertiary/aromatic N) is 1. The van der Waals surface area contributed by atoms with Gasteiger partial charge in [-0.15, -0.1) is 0 Å². The van der Waals surface area contributed by atoms with Gasteiger partial charge in [0.05, 0.1) is 0 Å². The molecule has 14 heavy (non-hydrogen) atoms. The summed E-state index contributed by atoms with van der Waals surface area (Å²) >= 11 is 0. The molecule has 1 unspecified atom stereocenters. The summed E-state index contributed by atoms with van der Waals surface area (Å²) < 4.78 is 5.34. The smallest absolute Gasteiger partial charge is 0.251 e. The van der Waals surface area contributed by atoms with E-state index in [1.165, 1.54) is 6.07 Å². The molecule has 2 rings (SSSR count). The molecule has 74 valence electrons. The first-order valence-corrected chi connectivity index (χ1v) is 4.47.